The van der Waals surface area contributed by atoms with Gasteiger partial charge in [-0.25, -0.2) is 0 Å². The van der Waals surface area contributed by atoms with Crippen molar-refractivity contribution in [2.75, 3.05) is 26.4 Å². The first-order chi connectivity index (χ1) is 5.34. The highest BCUT2D eigenvalue weighted by Crippen LogP contribution is 2.16. The normalized spacial score (nSPS) is 32.2. The zero-order valence-corrected chi connectivity index (χ0v) is 6.95. The van der Waals surface area contributed by atoms with Gasteiger partial charge in [-0.05, 0) is 6.42 Å². The van der Waals surface area contributed by atoms with E-state index in [1.54, 1.807) is 0 Å². The highest BCUT2D eigenvalue weighted by Gasteiger charge is 2.21. The first-order valence-corrected chi connectivity index (χ1v) is 4.15. The summed E-state index contributed by atoms with van der Waals surface area (Å²) in [5, 5.41) is 8.53. The topological polar surface area (TPSA) is 38.7 Å². The molecular weight excluding hydrogens is 144 g/mol. The highest BCUT2D eigenvalue weighted by atomic mass is 16.5. The Labute approximate surface area is 67.3 Å². The third-order valence-electron chi connectivity index (χ3n) is 1.99. The summed E-state index contributed by atoms with van der Waals surface area (Å²) in [4.78, 5) is 0. The van der Waals surface area contributed by atoms with Gasteiger partial charge in [0.2, 0.25) is 0 Å². The van der Waals surface area contributed by atoms with Crippen molar-refractivity contribution >= 4 is 0 Å². The Hall–Kier alpha value is -0.120. The maximum atomic E-state index is 8.53. The Morgan fingerprint density at radius 1 is 1.64 bits per heavy atom. The van der Waals surface area contributed by atoms with Gasteiger partial charge in [0.05, 0.1) is 25.9 Å². The van der Waals surface area contributed by atoms with Crippen LogP contribution in [0.25, 0.3) is 0 Å². The number of ether oxygens (including phenoxy) is 2. The lowest BCUT2D eigenvalue weighted by Crippen LogP contribution is -2.32. The van der Waals surface area contributed by atoms with Crippen LogP contribution in [-0.2, 0) is 9.47 Å². The van der Waals surface area contributed by atoms with Crippen LogP contribution in [0, 0.1) is 5.92 Å². The van der Waals surface area contributed by atoms with E-state index in [2.05, 4.69) is 6.92 Å². The second kappa shape index (κ2) is 4.70. The molecule has 1 aliphatic rings. The summed E-state index contributed by atoms with van der Waals surface area (Å²) < 4.78 is 10.7. The van der Waals surface area contributed by atoms with Crippen molar-refractivity contribution in [2.45, 2.75) is 19.4 Å². The molecule has 0 amide bonds. The van der Waals surface area contributed by atoms with Gasteiger partial charge < -0.3 is 14.6 Å². The molecule has 0 aromatic heterocycles. The summed E-state index contributed by atoms with van der Waals surface area (Å²) in [5.41, 5.74) is 0. The van der Waals surface area contributed by atoms with E-state index >= 15 is 0 Å². The van der Waals surface area contributed by atoms with Crippen LogP contribution >= 0.6 is 0 Å². The second-order valence-corrected chi connectivity index (χ2v) is 2.97. The largest absolute Gasteiger partial charge is 0.394 e. The molecule has 66 valence electrons. The number of aliphatic hydroxyl groups excluding tert-OH is 1. The molecule has 1 saturated heterocycles. The average Bonchev–Trinajstić information content (AvgIpc) is 2.03. The third kappa shape index (κ3) is 2.77. The van der Waals surface area contributed by atoms with E-state index in [1.165, 1.54) is 0 Å². The Morgan fingerprint density at radius 2 is 2.45 bits per heavy atom. The maximum Gasteiger partial charge on any atom is 0.0701 e. The summed E-state index contributed by atoms with van der Waals surface area (Å²) in [7, 11) is 0. The molecule has 1 fully saturated rings. The molecule has 0 aliphatic carbocycles. The Bertz CT molecular complexity index is 106. The lowest BCUT2D eigenvalue weighted by molar-refractivity contribution is -0.0747. The maximum absolute atomic E-state index is 8.53. The molecule has 0 aromatic rings. The summed E-state index contributed by atoms with van der Waals surface area (Å²) >= 11 is 0. The fourth-order valence-corrected chi connectivity index (χ4v) is 1.31. The van der Waals surface area contributed by atoms with Crippen molar-refractivity contribution in [1.82, 2.24) is 0 Å². The molecular formula is C8H16O3. The average molecular weight is 160 g/mol. The van der Waals surface area contributed by atoms with Crippen LogP contribution < -0.4 is 0 Å². The van der Waals surface area contributed by atoms with E-state index in [0.717, 1.165) is 19.6 Å². The van der Waals surface area contributed by atoms with Crippen LogP contribution in [-0.4, -0.2) is 37.6 Å². The lowest BCUT2D eigenvalue weighted by Gasteiger charge is -2.28. The van der Waals surface area contributed by atoms with Gasteiger partial charge in [-0.15, -0.1) is 0 Å². The van der Waals surface area contributed by atoms with E-state index in [0.29, 0.717) is 12.5 Å². The molecule has 3 heteroatoms. The fraction of sp³-hybridized carbons (Fsp3) is 1.00. The van der Waals surface area contributed by atoms with Gasteiger partial charge in [0.25, 0.3) is 0 Å². The van der Waals surface area contributed by atoms with Crippen molar-refractivity contribution in [3.8, 4) is 0 Å². The smallest absolute Gasteiger partial charge is 0.0701 e. The van der Waals surface area contributed by atoms with Gasteiger partial charge in [0.1, 0.15) is 0 Å². The standard InChI is InChI=1S/C8H16O3/c1-7-6-10-4-2-8(7)11-5-3-9/h7-9H,2-6H2,1H3. The van der Waals surface area contributed by atoms with Gasteiger partial charge >= 0.3 is 0 Å². The number of aliphatic hydroxyl groups is 1. The summed E-state index contributed by atoms with van der Waals surface area (Å²) in [6.45, 7) is 4.26. The zero-order valence-electron chi connectivity index (χ0n) is 6.95. The molecule has 1 heterocycles. The predicted octanol–water partition coefficient (Wildman–Crippen LogP) is 0.420. The van der Waals surface area contributed by atoms with E-state index in [9.17, 15) is 0 Å². The molecule has 1 rings (SSSR count). The van der Waals surface area contributed by atoms with Crippen LogP contribution in [0.15, 0.2) is 0 Å². The fourth-order valence-electron chi connectivity index (χ4n) is 1.31. The lowest BCUT2D eigenvalue weighted by atomic mass is 10.0. The van der Waals surface area contributed by atoms with E-state index in [1.807, 2.05) is 0 Å². The SMILES string of the molecule is CC1COCCC1OCCO. The van der Waals surface area contributed by atoms with E-state index in [-0.39, 0.29) is 12.7 Å². The Morgan fingerprint density at radius 3 is 3.09 bits per heavy atom. The van der Waals surface area contributed by atoms with Crippen LogP contribution in [0.5, 0.6) is 0 Å². The van der Waals surface area contributed by atoms with Gasteiger partial charge in [-0.3, -0.25) is 0 Å². The number of rotatable bonds is 3. The van der Waals surface area contributed by atoms with Crippen LogP contribution in [0.4, 0.5) is 0 Å². The molecule has 11 heavy (non-hydrogen) atoms. The molecule has 0 bridgehead atoms. The Kier molecular flexibility index (Phi) is 3.83. The quantitative estimate of drug-likeness (QED) is 0.650. The minimum atomic E-state index is 0.115. The van der Waals surface area contributed by atoms with Crippen molar-refractivity contribution < 1.29 is 14.6 Å². The summed E-state index contributed by atoms with van der Waals surface area (Å²) in [5.74, 6) is 0.468. The Balaban J connectivity index is 2.18. The molecule has 0 spiro atoms. The molecule has 2 unspecified atom stereocenters. The highest BCUT2D eigenvalue weighted by molar-refractivity contribution is 4.69. The van der Waals surface area contributed by atoms with E-state index in [4.69, 9.17) is 14.6 Å². The number of hydrogen-bond acceptors (Lipinski definition) is 3. The van der Waals surface area contributed by atoms with Crippen LogP contribution in [0.3, 0.4) is 0 Å². The van der Waals surface area contributed by atoms with Crippen LogP contribution in [0.2, 0.25) is 0 Å². The minimum absolute atomic E-state index is 0.115. The molecule has 1 aliphatic heterocycles. The monoisotopic (exact) mass is 160 g/mol. The third-order valence-corrected chi connectivity index (χ3v) is 1.99. The van der Waals surface area contributed by atoms with Gasteiger partial charge in [0.15, 0.2) is 0 Å². The second-order valence-electron chi connectivity index (χ2n) is 2.97. The predicted molar refractivity (Wildman–Crippen MR) is 41.4 cm³/mol. The summed E-state index contributed by atoms with van der Waals surface area (Å²) in [6, 6.07) is 0. The number of hydrogen-bond donors (Lipinski definition) is 1. The molecule has 1 N–H and O–H groups in total. The van der Waals surface area contributed by atoms with Gasteiger partial charge in [-0.2, -0.15) is 0 Å². The van der Waals surface area contributed by atoms with Gasteiger partial charge in [-0.1, -0.05) is 6.92 Å². The molecule has 0 saturated carbocycles. The zero-order chi connectivity index (χ0) is 8.10. The molecule has 3 nitrogen and oxygen atoms in total. The van der Waals surface area contributed by atoms with Crippen LogP contribution in [0.1, 0.15) is 13.3 Å². The molecule has 2 atom stereocenters. The summed E-state index contributed by atoms with van der Waals surface area (Å²) in [6.07, 6.45) is 1.25. The van der Waals surface area contributed by atoms with Crippen molar-refractivity contribution in [3.05, 3.63) is 0 Å². The van der Waals surface area contributed by atoms with Crippen molar-refractivity contribution in [1.29, 1.82) is 0 Å². The van der Waals surface area contributed by atoms with E-state index < -0.39 is 0 Å². The first kappa shape index (κ1) is 8.97. The van der Waals surface area contributed by atoms with Crippen molar-refractivity contribution in [2.24, 2.45) is 5.92 Å². The minimum Gasteiger partial charge on any atom is -0.394 e. The first-order valence-electron chi connectivity index (χ1n) is 4.15. The van der Waals surface area contributed by atoms with Crippen molar-refractivity contribution in [3.63, 3.8) is 0 Å². The van der Waals surface area contributed by atoms with Gasteiger partial charge in [0, 0.05) is 12.5 Å². The molecule has 0 radical (unpaired) electrons. The molecule has 0 aromatic carbocycles.